The first-order valence-corrected chi connectivity index (χ1v) is 5.96. The molecule has 132 valence electrons. The first-order valence-electron chi connectivity index (χ1n) is 5.96. The van der Waals surface area contributed by atoms with E-state index in [-0.39, 0.29) is 0 Å². The van der Waals surface area contributed by atoms with E-state index in [9.17, 15) is 40.5 Å². The van der Waals surface area contributed by atoms with E-state index in [1.165, 1.54) is 0 Å². The molecular weight excluding hydrogens is 352 g/mol. The molecule has 0 radical (unpaired) electrons. The molecule has 2 rings (SSSR count). The summed E-state index contributed by atoms with van der Waals surface area (Å²) in [6.45, 7) is 0. The van der Waals surface area contributed by atoms with Crippen molar-refractivity contribution in [2.24, 2.45) is 10.2 Å². The lowest BCUT2D eigenvalue weighted by atomic mass is 9.89. The quantitative estimate of drug-likeness (QED) is 0.309. The monoisotopic (exact) mass is 358 g/mol. The molecule has 18 nitrogen and oxygen atoms in total. The minimum absolute atomic E-state index is 1.22. The molecule has 25 heavy (non-hydrogen) atoms. The Hall–Kier alpha value is -4.12. The van der Waals surface area contributed by atoms with E-state index in [4.69, 9.17) is 10.8 Å². The van der Waals surface area contributed by atoms with Crippen LogP contribution in [0, 0.1) is 51.3 Å². The fraction of sp³-hybridized carbons (Fsp3) is 0.429. The second-order valence-electron chi connectivity index (χ2n) is 4.77. The molecule has 0 saturated carbocycles. The number of nitrogens with one attached hydrogen (secondary N) is 4. The van der Waals surface area contributed by atoms with Gasteiger partial charge in [0.05, 0.1) is 20.0 Å². The van der Waals surface area contributed by atoms with E-state index in [2.05, 4.69) is 10.2 Å². The smallest absolute Gasteiger partial charge is 0.358 e. The van der Waals surface area contributed by atoms with Gasteiger partial charge in [0.1, 0.15) is 6.42 Å². The number of rotatable bonds is 4. The SMILES string of the molecule is N=C1C([N+](=O)[O-])=NNC1(CC1([N+](=O)[O-])NN=C([N+](=O)[O-])C1=N)[N+](=O)[O-]. The third-order valence-electron chi connectivity index (χ3n) is 3.45. The van der Waals surface area contributed by atoms with Crippen molar-refractivity contribution in [2.75, 3.05) is 0 Å². The van der Waals surface area contributed by atoms with Crippen molar-refractivity contribution >= 4 is 23.1 Å². The van der Waals surface area contributed by atoms with E-state index in [1.54, 1.807) is 10.9 Å². The molecule has 0 spiro atoms. The zero-order chi connectivity index (χ0) is 19.2. The van der Waals surface area contributed by atoms with Gasteiger partial charge in [-0.25, -0.2) is 0 Å². The highest BCUT2D eigenvalue weighted by Gasteiger charge is 2.72. The van der Waals surface area contributed by atoms with Gasteiger partial charge < -0.3 is 20.2 Å². The van der Waals surface area contributed by atoms with Crippen LogP contribution in [0.4, 0.5) is 0 Å². The average Bonchev–Trinajstić information content (AvgIpc) is 3.00. The number of hydrogen-bond donors (Lipinski definition) is 4. The molecule has 2 atom stereocenters. The summed E-state index contributed by atoms with van der Waals surface area (Å²) in [7, 11) is 0. The van der Waals surface area contributed by atoms with Gasteiger partial charge in [0.25, 0.3) is 0 Å². The summed E-state index contributed by atoms with van der Waals surface area (Å²) in [5.41, 5.74) is -5.18. The van der Waals surface area contributed by atoms with Gasteiger partial charge in [0.2, 0.25) is 11.4 Å². The van der Waals surface area contributed by atoms with Gasteiger partial charge in [-0.1, -0.05) is 0 Å². The summed E-state index contributed by atoms with van der Waals surface area (Å²) in [5.74, 6) is -2.51. The maximum atomic E-state index is 11.4. The fourth-order valence-electron chi connectivity index (χ4n) is 2.17. The van der Waals surface area contributed by atoms with Crippen molar-refractivity contribution in [3.63, 3.8) is 0 Å². The Bertz CT molecular complexity index is 750. The van der Waals surface area contributed by atoms with Gasteiger partial charge in [-0.05, 0) is 9.85 Å². The van der Waals surface area contributed by atoms with Crippen LogP contribution in [0.5, 0.6) is 0 Å². The van der Waals surface area contributed by atoms with Gasteiger partial charge in [-0.2, -0.15) is 0 Å². The molecule has 0 aromatic heterocycles. The number of nitro groups is 4. The molecular formula is C7H6N10O8. The summed E-state index contributed by atoms with van der Waals surface area (Å²) in [5, 5.41) is 65.5. The highest BCUT2D eigenvalue weighted by Crippen LogP contribution is 2.30. The normalized spacial score (nSPS) is 27.8. The predicted molar refractivity (Wildman–Crippen MR) is 74.7 cm³/mol. The predicted octanol–water partition coefficient (Wildman–Crippen LogP) is -2.25. The molecule has 0 bridgehead atoms. The molecule has 4 N–H and O–H groups in total. The van der Waals surface area contributed by atoms with Crippen molar-refractivity contribution in [2.45, 2.75) is 17.7 Å². The number of hydrazone groups is 2. The van der Waals surface area contributed by atoms with Crippen LogP contribution in [0.2, 0.25) is 0 Å². The van der Waals surface area contributed by atoms with Gasteiger partial charge in [0, 0.05) is 0 Å². The Morgan fingerprint density at radius 1 is 0.800 bits per heavy atom. The van der Waals surface area contributed by atoms with E-state index < -0.39 is 60.5 Å². The highest BCUT2D eigenvalue weighted by molar-refractivity contribution is 6.42. The fourth-order valence-corrected chi connectivity index (χ4v) is 2.17. The number of nitrogens with zero attached hydrogens (tertiary/aromatic N) is 6. The summed E-state index contributed by atoms with van der Waals surface area (Å²) >= 11 is 0. The van der Waals surface area contributed by atoms with Crippen molar-refractivity contribution in [3.05, 3.63) is 40.5 Å². The van der Waals surface area contributed by atoms with E-state index in [1.807, 2.05) is 0 Å². The zero-order valence-electron chi connectivity index (χ0n) is 11.7. The lowest BCUT2D eigenvalue weighted by Gasteiger charge is -2.23. The van der Waals surface area contributed by atoms with E-state index in [0.29, 0.717) is 0 Å². The summed E-state index contributed by atoms with van der Waals surface area (Å²) < 4.78 is 0. The Labute approximate surface area is 134 Å². The van der Waals surface area contributed by atoms with Gasteiger partial charge in [-0.3, -0.25) is 31.0 Å². The minimum atomic E-state index is -2.96. The van der Waals surface area contributed by atoms with Crippen LogP contribution in [0.25, 0.3) is 0 Å². The molecule has 0 amide bonds. The summed E-state index contributed by atoms with van der Waals surface area (Å²) in [4.78, 5) is 39.3. The van der Waals surface area contributed by atoms with Crippen LogP contribution >= 0.6 is 0 Å². The van der Waals surface area contributed by atoms with Crippen LogP contribution in [0.3, 0.4) is 0 Å². The topological polar surface area (TPSA) is 269 Å². The van der Waals surface area contributed by atoms with Crippen LogP contribution in [-0.2, 0) is 0 Å². The third kappa shape index (κ3) is 2.19. The minimum Gasteiger partial charge on any atom is -0.358 e. The molecule has 2 aliphatic heterocycles. The molecule has 0 saturated heterocycles. The first-order chi connectivity index (χ1) is 11.5. The van der Waals surface area contributed by atoms with E-state index >= 15 is 0 Å². The molecule has 2 heterocycles. The lowest BCUT2D eigenvalue weighted by Crippen LogP contribution is -2.65. The lowest BCUT2D eigenvalue weighted by molar-refractivity contribution is -0.596. The highest BCUT2D eigenvalue weighted by atomic mass is 16.7. The molecule has 2 unspecified atom stereocenters. The number of amidine groups is 2. The summed E-state index contributed by atoms with van der Waals surface area (Å²) in [6.07, 6.45) is -1.42. The molecule has 2 aliphatic rings. The molecule has 0 aliphatic carbocycles. The van der Waals surface area contributed by atoms with Crippen molar-refractivity contribution in [1.29, 1.82) is 10.8 Å². The third-order valence-corrected chi connectivity index (χ3v) is 3.45. The Kier molecular flexibility index (Phi) is 3.59. The van der Waals surface area contributed by atoms with Crippen molar-refractivity contribution in [1.82, 2.24) is 10.9 Å². The van der Waals surface area contributed by atoms with E-state index in [0.717, 1.165) is 0 Å². The van der Waals surface area contributed by atoms with Gasteiger partial charge in [-0.15, -0.1) is 10.9 Å². The molecule has 0 aromatic rings. The Morgan fingerprint density at radius 3 is 1.32 bits per heavy atom. The Balaban J connectivity index is 2.50. The van der Waals surface area contributed by atoms with Crippen LogP contribution < -0.4 is 10.9 Å². The second-order valence-corrected chi connectivity index (χ2v) is 4.77. The first kappa shape index (κ1) is 17.2. The Morgan fingerprint density at radius 2 is 1.12 bits per heavy atom. The second kappa shape index (κ2) is 5.21. The standard InChI is InChI=1S/C7H6N10O8/c8-2-4(14(18)19)10-12-6(2,16(22)23)1-7(17(24)25)3(9)5(11-13-7)15(20)21/h8-9,12-13H,1H2. The summed E-state index contributed by atoms with van der Waals surface area (Å²) in [6, 6.07) is 0. The maximum Gasteiger partial charge on any atom is 0.418 e. The maximum absolute atomic E-state index is 11.4. The van der Waals surface area contributed by atoms with Crippen molar-refractivity contribution < 1.29 is 19.7 Å². The van der Waals surface area contributed by atoms with Gasteiger partial charge in [0.15, 0.2) is 0 Å². The number of hydrogen-bond acceptors (Lipinski definition) is 14. The van der Waals surface area contributed by atoms with Crippen LogP contribution in [0.1, 0.15) is 6.42 Å². The van der Waals surface area contributed by atoms with Gasteiger partial charge >= 0.3 is 23.0 Å². The average molecular weight is 358 g/mol. The largest absolute Gasteiger partial charge is 0.418 e. The van der Waals surface area contributed by atoms with Crippen LogP contribution in [0.15, 0.2) is 10.2 Å². The van der Waals surface area contributed by atoms with Crippen molar-refractivity contribution in [3.8, 4) is 0 Å². The molecule has 0 aromatic carbocycles. The molecule has 18 heteroatoms. The van der Waals surface area contributed by atoms with Crippen LogP contribution in [-0.4, -0.2) is 54.1 Å². The zero-order valence-corrected chi connectivity index (χ0v) is 11.7. The molecule has 0 fully saturated rings.